The van der Waals surface area contributed by atoms with E-state index in [0.717, 1.165) is 35.7 Å². The number of halogens is 1. The minimum atomic E-state index is 0.152. The van der Waals surface area contributed by atoms with Crippen molar-refractivity contribution in [2.75, 3.05) is 32.8 Å². The molecule has 2 rings (SSSR count). The molecule has 5 nitrogen and oxygen atoms in total. The van der Waals surface area contributed by atoms with Crippen LogP contribution in [0.4, 0.5) is 0 Å². The average molecular weight is 379 g/mol. The lowest BCUT2D eigenvalue weighted by Crippen LogP contribution is -2.28. The van der Waals surface area contributed by atoms with Crippen LogP contribution < -0.4 is 20.1 Å². The van der Waals surface area contributed by atoms with Gasteiger partial charge in [0, 0.05) is 36.8 Å². The van der Waals surface area contributed by atoms with Crippen molar-refractivity contribution in [2.45, 2.75) is 20.1 Å². The first-order valence-corrected chi connectivity index (χ1v) is 9.26. The van der Waals surface area contributed by atoms with Gasteiger partial charge in [0.25, 0.3) is 0 Å². The maximum Gasteiger partial charge on any atom is 0.166 e. The van der Waals surface area contributed by atoms with Gasteiger partial charge in [-0.1, -0.05) is 35.9 Å². The number of hydrogen-bond acceptors (Lipinski definition) is 5. The van der Waals surface area contributed by atoms with E-state index >= 15 is 0 Å². The van der Waals surface area contributed by atoms with Gasteiger partial charge >= 0.3 is 0 Å². The fraction of sp³-hybridized carbons (Fsp3) is 0.400. The van der Waals surface area contributed by atoms with Crippen LogP contribution in [-0.2, 0) is 13.2 Å². The summed E-state index contributed by atoms with van der Waals surface area (Å²) >= 11 is 5.94. The predicted molar refractivity (Wildman–Crippen MR) is 105 cm³/mol. The summed E-state index contributed by atoms with van der Waals surface area (Å²) in [5, 5.41) is 16.0. The Balaban J connectivity index is 1.99. The maximum absolute atomic E-state index is 8.77. The number of para-hydroxylation sites is 1. The molecule has 0 spiro atoms. The molecule has 0 saturated carbocycles. The molecule has 0 unspecified atom stereocenters. The van der Waals surface area contributed by atoms with Gasteiger partial charge in [0.05, 0.1) is 13.2 Å². The van der Waals surface area contributed by atoms with Crippen LogP contribution in [0.5, 0.6) is 11.5 Å². The first-order chi connectivity index (χ1) is 12.7. The Kier molecular flexibility index (Phi) is 9.28. The summed E-state index contributed by atoms with van der Waals surface area (Å²) < 4.78 is 11.8. The van der Waals surface area contributed by atoms with Gasteiger partial charge in [-0.3, -0.25) is 0 Å². The van der Waals surface area contributed by atoms with Crippen LogP contribution in [0.2, 0.25) is 5.02 Å². The number of rotatable bonds is 12. The van der Waals surface area contributed by atoms with Gasteiger partial charge in [-0.05, 0) is 30.7 Å². The van der Waals surface area contributed by atoms with Crippen LogP contribution >= 0.6 is 11.6 Å². The summed E-state index contributed by atoms with van der Waals surface area (Å²) in [7, 11) is 0. The molecule has 0 bridgehead atoms. The minimum absolute atomic E-state index is 0.152. The second kappa shape index (κ2) is 11.8. The van der Waals surface area contributed by atoms with Crippen LogP contribution in [0, 0.1) is 0 Å². The zero-order valence-electron chi connectivity index (χ0n) is 15.1. The Labute approximate surface area is 160 Å². The molecule has 6 heteroatoms. The van der Waals surface area contributed by atoms with E-state index in [1.807, 2.05) is 49.4 Å². The third kappa shape index (κ3) is 6.84. The summed E-state index contributed by atoms with van der Waals surface area (Å²) in [4.78, 5) is 0. The van der Waals surface area contributed by atoms with Gasteiger partial charge in [-0.2, -0.15) is 0 Å². The highest BCUT2D eigenvalue weighted by molar-refractivity contribution is 6.30. The highest BCUT2D eigenvalue weighted by Gasteiger charge is 2.11. The van der Waals surface area contributed by atoms with E-state index in [9.17, 15) is 0 Å². The molecule has 2 aromatic carbocycles. The molecule has 0 heterocycles. The molecule has 0 amide bonds. The van der Waals surface area contributed by atoms with Crippen LogP contribution in [-0.4, -0.2) is 38.0 Å². The number of aliphatic hydroxyl groups is 1. The third-order valence-electron chi connectivity index (χ3n) is 3.74. The Bertz CT molecular complexity index is 650. The lowest BCUT2D eigenvalue weighted by atomic mass is 10.1. The quantitative estimate of drug-likeness (QED) is 0.495. The largest absolute Gasteiger partial charge is 0.490 e. The van der Waals surface area contributed by atoms with Crippen molar-refractivity contribution >= 4 is 11.6 Å². The van der Waals surface area contributed by atoms with Crippen molar-refractivity contribution in [3.8, 4) is 11.5 Å². The SMILES string of the molecule is CCOc1cccc(CNCCNCCO)c1OCc1ccc(Cl)cc1. The molecule has 3 N–H and O–H groups in total. The van der Waals surface area contributed by atoms with Crippen LogP contribution in [0.15, 0.2) is 42.5 Å². The van der Waals surface area contributed by atoms with Gasteiger partial charge in [-0.25, -0.2) is 0 Å². The number of nitrogens with one attached hydrogen (secondary N) is 2. The Morgan fingerprint density at radius 3 is 2.46 bits per heavy atom. The second-order valence-corrected chi connectivity index (χ2v) is 6.18. The lowest BCUT2D eigenvalue weighted by Gasteiger charge is -2.16. The smallest absolute Gasteiger partial charge is 0.166 e. The monoisotopic (exact) mass is 378 g/mol. The zero-order chi connectivity index (χ0) is 18.6. The summed E-state index contributed by atoms with van der Waals surface area (Å²) in [6.45, 7) is 6.03. The summed E-state index contributed by atoms with van der Waals surface area (Å²) in [5.74, 6) is 1.51. The van der Waals surface area contributed by atoms with Crippen molar-refractivity contribution < 1.29 is 14.6 Å². The molecule has 0 aliphatic carbocycles. The Hall–Kier alpha value is -1.79. The fourth-order valence-corrected chi connectivity index (χ4v) is 2.60. The number of ether oxygens (including phenoxy) is 2. The average Bonchev–Trinajstić information content (AvgIpc) is 2.65. The first kappa shape index (κ1) is 20.5. The third-order valence-corrected chi connectivity index (χ3v) is 3.99. The van der Waals surface area contributed by atoms with E-state index in [-0.39, 0.29) is 6.61 Å². The maximum atomic E-state index is 8.77. The van der Waals surface area contributed by atoms with Crippen LogP contribution in [0.1, 0.15) is 18.1 Å². The van der Waals surface area contributed by atoms with Gasteiger partial charge < -0.3 is 25.2 Å². The molecule has 142 valence electrons. The van der Waals surface area contributed by atoms with Crippen molar-refractivity contribution in [1.29, 1.82) is 0 Å². The van der Waals surface area contributed by atoms with E-state index in [1.165, 1.54) is 0 Å². The Morgan fingerprint density at radius 1 is 0.962 bits per heavy atom. The van der Waals surface area contributed by atoms with Gasteiger partial charge in [0.1, 0.15) is 6.61 Å². The topological polar surface area (TPSA) is 62.8 Å². The molecule has 0 aromatic heterocycles. The van der Waals surface area contributed by atoms with E-state index in [1.54, 1.807) is 0 Å². The van der Waals surface area contributed by atoms with Crippen molar-refractivity contribution in [1.82, 2.24) is 10.6 Å². The highest BCUT2D eigenvalue weighted by Crippen LogP contribution is 2.32. The standard InChI is InChI=1S/C20H27ClN2O3/c1-2-25-19-5-3-4-17(14-23-11-10-22-12-13-24)20(19)26-15-16-6-8-18(21)9-7-16/h3-9,22-24H,2,10-15H2,1H3. The van der Waals surface area contributed by atoms with E-state index in [2.05, 4.69) is 10.6 Å². The first-order valence-electron chi connectivity index (χ1n) is 8.88. The van der Waals surface area contributed by atoms with E-state index < -0.39 is 0 Å². The molecule has 26 heavy (non-hydrogen) atoms. The number of benzene rings is 2. The molecule has 0 radical (unpaired) electrons. The molecular weight excluding hydrogens is 352 g/mol. The molecule has 0 aliphatic heterocycles. The summed E-state index contributed by atoms with van der Waals surface area (Å²) in [5.41, 5.74) is 2.10. The van der Waals surface area contributed by atoms with Crippen LogP contribution in [0.25, 0.3) is 0 Å². The second-order valence-electron chi connectivity index (χ2n) is 5.74. The van der Waals surface area contributed by atoms with Crippen molar-refractivity contribution in [2.24, 2.45) is 0 Å². The predicted octanol–water partition coefficient (Wildman–Crippen LogP) is 2.99. The lowest BCUT2D eigenvalue weighted by molar-refractivity contribution is 0.266. The molecule has 0 fully saturated rings. The van der Waals surface area contributed by atoms with Gasteiger partial charge in [0.15, 0.2) is 11.5 Å². The highest BCUT2D eigenvalue weighted by atomic mass is 35.5. The van der Waals surface area contributed by atoms with Gasteiger partial charge in [-0.15, -0.1) is 0 Å². The van der Waals surface area contributed by atoms with Crippen molar-refractivity contribution in [3.05, 3.63) is 58.6 Å². The molecule has 2 aromatic rings. The molecule has 0 atom stereocenters. The minimum Gasteiger partial charge on any atom is -0.490 e. The van der Waals surface area contributed by atoms with E-state index in [0.29, 0.717) is 31.3 Å². The molecule has 0 saturated heterocycles. The molecule has 0 aliphatic rings. The number of hydrogen-bond donors (Lipinski definition) is 3. The fourth-order valence-electron chi connectivity index (χ4n) is 2.47. The van der Waals surface area contributed by atoms with E-state index in [4.69, 9.17) is 26.2 Å². The van der Waals surface area contributed by atoms with Gasteiger partial charge in [0.2, 0.25) is 0 Å². The Morgan fingerprint density at radius 2 is 1.73 bits per heavy atom. The zero-order valence-corrected chi connectivity index (χ0v) is 15.9. The number of aliphatic hydroxyl groups excluding tert-OH is 1. The normalized spacial score (nSPS) is 10.7. The molecular formula is C20H27ClN2O3. The summed E-state index contributed by atoms with van der Waals surface area (Å²) in [6, 6.07) is 13.6. The van der Waals surface area contributed by atoms with Crippen LogP contribution in [0.3, 0.4) is 0 Å². The van der Waals surface area contributed by atoms with Crippen molar-refractivity contribution in [3.63, 3.8) is 0 Å². The summed E-state index contributed by atoms with van der Waals surface area (Å²) in [6.07, 6.45) is 0.